The van der Waals surface area contributed by atoms with Gasteiger partial charge in [-0.05, 0) is 63.6 Å². The van der Waals surface area contributed by atoms with E-state index in [1.807, 2.05) is 58.0 Å². The number of hydrogen-bond donors (Lipinski definition) is 1. The molecule has 0 radical (unpaired) electrons. The van der Waals surface area contributed by atoms with Gasteiger partial charge >= 0.3 is 0 Å². The van der Waals surface area contributed by atoms with Crippen LogP contribution in [0.15, 0.2) is 102 Å². The SMILES string of the molecule is Cc1ccc(S(=O)(=O)N(CC(=O)N(Cc2ccccc2F)C(Cc2ccccc2)C(=O)NC(C)(C)C)c2cccc(Cl)c2Cl)cc1. The van der Waals surface area contributed by atoms with Crippen molar-refractivity contribution >= 4 is 50.7 Å². The molecule has 0 spiro atoms. The number of benzene rings is 4. The number of amides is 2. The van der Waals surface area contributed by atoms with Gasteiger partial charge in [0.05, 0.1) is 20.6 Å². The first-order valence-corrected chi connectivity index (χ1v) is 16.8. The fourth-order valence-corrected chi connectivity index (χ4v) is 6.73. The Labute approximate surface area is 280 Å². The third-order valence-corrected chi connectivity index (χ3v) is 9.74. The quantitative estimate of drug-likeness (QED) is 0.181. The largest absolute Gasteiger partial charge is 0.350 e. The van der Waals surface area contributed by atoms with Crippen molar-refractivity contribution in [2.75, 3.05) is 10.8 Å². The molecule has 2 amide bonds. The fraction of sp³-hybridized carbons (Fsp3) is 0.257. The van der Waals surface area contributed by atoms with Crippen LogP contribution in [0.1, 0.15) is 37.5 Å². The molecule has 0 saturated carbocycles. The van der Waals surface area contributed by atoms with Gasteiger partial charge in [0.15, 0.2) is 0 Å². The van der Waals surface area contributed by atoms with Crippen molar-refractivity contribution in [3.05, 3.63) is 130 Å². The molecule has 0 bridgehead atoms. The van der Waals surface area contributed by atoms with Crippen molar-refractivity contribution in [3.63, 3.8) is 0 Å². The zero-order valence-corrected chi connectivity index (χ0v) is 28.3. The monoisotopic (exact) mass is 683 g/mol. The van der Waals surface area contributed by atoms with Gasteiger partial charge in [-0.15, -0.1) is 0 Å². The predicted octanol–water partition coefficient (Wildman–Crippen LogP) is 7.19. The van der Waals surface area contributed by atoms with E-state index < -0.39 is 45.8 Å². The maximum absolute atomic E-state index is 15.1. The Balaban J connectivity index is 1.86. The number of aryl methyl sites for hydroxylation is 1. The molecule has 4 aromatic carbocycles. The maximum Gasteiger partial charge on any atom is 0.264 e. The Kier molecular flexibility index (Phi) is 11.1. The first kappa shape index (κ1) is 34.9. The summed E-state index contributed by atoms with van der Waals surface area (Å²) in [6, 6.07) is 24.5. The number of carbonyl (C=O) groups excluding carboxylic acids is 2. The fourth-order valence-electron chi connectivity index (χ4n) is 4.85. The van der Waals surface area contributed by atoms with Crippen LogP contribution in [-0.4, -0.2) is 43.3 Å². The molecule has 1 N–H and O–H groups in total. The van der Waals surface area contributed by atoms with Gasteiger partial charge in [-0.1, -0.05) is 95.5 Å². The normalized spacial score (nSPS) is 12.3. The molecule has 46 heavy (non-hydrogen) atoms. The number of nitrogens with zero attached hydrogens (tertiary/aromatic N) is 2. The highest BCUT2D eigenvalue weighted by Gasteiger charge is 2.36. The van der Waals surface area contributed by atoms with Crippen molar-refractivity contribution in [1.82, 2.24) is 10.2 Å². The third kappa shape index (κ3) is 8.66. The Morgan fingerprint density at radius 3 is 2.13 bits per heavy atom. The van der Waals surface area contributed by atoms with Gasteiger partial charge < -0.3 is 10.2 Å². The van der Waals surface area contributed by atoms with Crippen molar-refractivity contribution < 1.29 is 22.4 Å². The zero-order chi connectivity index (χ0) is 33.6. The van der Waals surface area contributed by atoms with Crippen molar-refractivity contribution in [2.24, 2.45) is 0 Å². The minimum atomic E-state index is -4.39. The topological polar surface area (TPSA) is 86.8 Å². The number of carbonyl (C=O) groups is 2. The smallest absolute Gasteiger partial charge is 0.264 e. The lowest BCUT2D eigenvalue weighted by atomic mass is 10.0. The van der Waals surface area contributed by atoms with Gasteiger partial charge in [-0.3, -0.25) is 13.9 Å². The van der Waals surface area contributed by atoms with E-state index in [-0.39, 0.29) is 39.2 Å². The summed E-state index contributed by atoms with van der Waals surface area (Å²) in [4.78, 5) is 29.6. The third-order valence-electron chi connectivity index (χ3n) is 7.16. The number of hydrogen-bond acceptors (Lipinski definition) is 4. The predicted molar refractivity (Wildman–Crippen MR) is 181 cm³/mol. The molecule has 0 aliphatic carbocycles. The highest BCUT2D eigenvalue weighted by Crippen LogP contribution is 2.36. The number of nitrogens with one attached hydrogen (secondary N) is 1. The van der Waals surface area contributed by atoms with E-state index in [4.69, 9.17) is 23.2 Å². The van der Waals surface area contributed by atoms with Crippen LogP contribution in [-0.2, 0) is 32.6 Å². The molecule has 0 fully saturated rings. The summed E-state index contributed by atoms with van der Waals surface area (Å²) in [7, 11) is -4.39. The van der Waals surface area contributed by atoms with Crippen LogP contribution in [0.4, 0.5) is 10.1 Å². The molecule has 1 unspecified atom stereocenters. The van der Waals surface area contributed by atoms with E-state index in [9.17, 15) is 18.0 Å². The number of halogens is 3. The number of sulfonamides is 1. The standard InChI is InChI=1S/C35H36Cl2FN3O4S/c1-24-17-19-27(20-18-24)46(44,45)41(30-16-10-14-28(36)33(30)37)23-32(42)40(22-26-13-8-9-15-29(26)38)31(34(43)39-35(2,3)4)21-25-11-6-5-7-12-25/h5-20,31H,21-23H2,1-4H3,(H,39,43). The van der Waals surface area contributed by atoms with Crippen LogP contribution in [0.2, 0.25) is 10.0 Å². The summed E-state index contributed by atoms with van der Waals surface area (Å²) in [5.41, 5.74) is 1.07. The van der Waals surface area contributed by atoms with Crippen LogP contribution < -0.4 is 9.62 Å². The number of rotatable bonds is 11. The second-order valence-corrected chi connectivity index (χ2v) is 14.6. The van der Waals surface area contributed by atoms with Gasteiger partial charge in [0.2, 0.25) is 11.8 Å². The molecule has 4 rings (SSSR count). The molecule has 11 heteroatoms. The summed E-state index contributed by atoms with van der Waals surface area (Å²) in [6.45, 7) is 6.20. The molecular formula is C35H36Cl2FN3O4S. The van der Waals surface area contributed by atoms with Gasteiger partial charge in [0, 0.05) is 24.1 Å². The molecule has 0 aliphatic heterocycles. The van der Waals surface area contributed by atoms with Crippen LogP contribution in [0.3, 0.4) is 0 Å². The molecule has 1 atom stereocenters. The van der Waals surface area contributed by atoms with Crippen molar-refractivity contribution in [2.45, 2.75) is 57.1 Å². The van der Waals surface area contributed by atoms with Gasteiger partial charge in [-0.25, -0.2) is 12.8 Å². The summed E-state index contributed by atoms with van der Waals surface area (Å²) >= 11 is 12.8. The minimum Gasteiger partial charge on any atom is -0.350 e. The van der Waals surface area contributed by atoms with E-state index in [0.717, 1.165) is 15.4 Å². The van der Waals surface area contributed by atoms with Crippen molar-refractivity contribution in [3.8, 4) is 0 Å². The summed E-state index contributed by atoms with van der Waals surface area (Å²) in [6.07, 6.45) is 0.0889. The van der Waals surface area contributed by atoms with E-state index >= 15 is 4.39 Å². The average Bonchev–Trinajstić information content (AvgIpc) is 3.00. The second-order valence-electron chi connectivity index (χ2n) is 12.0. The lowest BCUT2D eigenvalue weighted by Crippen LogP contribution is -2.56. The molecule has 4 aromatic rings. The Bertz CT molecular complexity index is 1800. The summed E-state index contributed by atoms with van der Waals surface area (Å²) < 4.78 is 44.3. The van der Waals surface area contributed by atoms with Crippen LogP contribution in [0, 0.1) is 12.7 Å². The summed E-state index contributed by atoms with van der Waals surface area (Å²) in [5, 5.41) is 2.96. The molecule has 0 aliphatic rings. The highest BCUT2D eigenvalue weighted by atomic mass is 35.5. The van der Waals surface area contributed by atoms with Crippen LogP contribution in [0.5, 0.6) is 0 Å². The molecule has 0 heterocycles. The highest BCUT2D eigenvalue weighted by molar-refractivity contribution is 7.92. The van der Waals surface area contributed by atoms with E-state index in [2.05, 4.69) is 5.32 Å². The second kappa shape index (κ2) is 14.7. The minimum absolute atomic E-state index is 0.0207. The zero-order valence-electron chi connectivity index (χ0n) is 26.0. The van der Waals surface area contributed by atoms with Crippen molar-refractivity contribution in [1.29, 1.82) is 0 Å². The molecule has 7 nitrogen and oxygen atoms in total. The van der Waals surface area contributed by atoms with Gasteiger partial charge in [0.25, 0.3) is 10.0 Å². The van der Waals surface area contributed by atoms with Gasteiger partial charge in [0.1, 0.15) is 18.4 Å². The van der Waals surface area contributed by atoms with E-state index in [0.29, 0.717) is 0 Å². The Hall–Kier alpha value is -3.92. The Morgan fingerprint density at radius 1 is 0.870 bits per heavy atom. The first-order chi connectivity index (χ1) is 21.7. The maximum atomic E-state index is 15.1. The molecule has 242 valence electrons. The lowest BCUT2D eigenvalue weighted by Gasteiger charge is -2.35. The lowest BCUT2D eigenvalue weighted by molar-refractivity contribution is -0.140. The first-order valence-electron chi connectivity index (χ1n) is 14.6. The van der Waals surface area contributed by atoms with E-state index in [1.165, 1.54) is 53.4 Å². The van der Waals surface area contributed by atoms with Crippen LogP contribution in [0.25, 0.3) is 0 Å². The molecular weight excluding hydrogens is 648 g/mol. The van der Waals surface area contributed by atoms with Crippen LogP contribution >= 0.6 is 23.2 Å². The molecule has 0 aromatic heterocycles. The average molecular weight is 685 g/mol. The van der Waals surface area contributed by atoms with E-state index in [1.54, 1.807) is 18.2 Å². The van der Waals surface area contributed by atoms with Gasteiger partial charge in [-0.2, -0.15) is 0 Å². The Morgan fingerprint density at radius 2 is 1.50 bits per heavy atom. The molecule has 0 saturated heterocycles. The number of anilines is 1. The summed E-state index contributed by atoms with van der Waals surface area (Å²) in [5.74, 6) is -1.80.